The van der Waals surface area contributed by atoms with Crippen molar-refractivity contribution >= 4 is 27.5 Å². The number of halogens is 4. The lowest BCUT2D eigenvalue weighted by Crippen LogP contribution is -2.44. The number of alkyl halides is 3. The molecular formula is C19H17BrF3NO2. The minimum atomic E-state index is -4.46. The lowest BCUT2D eigenvalue weighted by atomic mass is 9.73. The summed E-state index contributed by atoms with van der Waals surface area (Å²) >= 11 is 3.37. The molecule has 2 aromatic rings. The van der Waals surface area contributed by atoms with E-state index in [1.54, 1.807) is 0 Å². The zero-order valence-corrected chi connectivity index (χ0v) is 15.4. The number of hydrogen-bond acceptors (Lipinski definition) is 2. The van der Waals surface area contributed by atoms with Gasteiger partial charge in [-0.05, 0) is 48.7 Å². The Labute approximate surface area is 157 Å². The first kappa shape index (κ1) is 18.9. The van der Waals surface area contributed by atoms with Crippen molar-refractivity contribution in [2.75, 3.05) is 18.5 Å². The van der Waals surface area contributed by atoms with Crippen LogP contribution in [0.15, 0.2) is 53.0 Å². The first-order valence-electron chi connectivity index (χ1n) is 8.14. The Morgan fingerprint density at radius 1 is 1.08 bits per heavy atom. The molecule has 138 valence electrons. The van der Waals surface area contributed by atoms with Gasteiger partial charge in [-0.3, -0.25) is 4.79 Å². The number of rotatable bonds is 3. The summed E-state index contributed by atoms with van der Waals surface area (Å²) in [5, 5.41) is 2.67. The van der Waals surface area contributed by atoms with Crippen LogP contribution in [0.1, 0.15) is 24.0 Å². The van der Waals surface area contributed by atoms with Gasteiger partial charge in [0.05, 0.1) is 11.0 Å². The number of anilines is 1. The van der Waals surface area contributed by atoms with Crippen LogP contribution in [0.25, 0.3) is 0 Å². The first-order valence-corrected chi connectivity index (χ1v) is 8.93. The summed E-state index contributed by atoms with van der Waals surface area (Å²) in [6.07, 6.45) is -3.51. The minimum absolute atomic E-state index is 0.132. The molecule has 0 unspecified atom stereocenters. The Hall–Kier alpha value is -1.86. The average molecular weight is 428 g/mol. The summed E-state index contributed by atoms with van der Waals surface area (Å²) in [6.45, 7) is 0.845. The molecule has 1 fully saturated rings. The maximum Gasteiger partial charge on any atom is 0.416 e. The Kier molecular flexibility index (Phi) is 5.39. The Morgan fingerprint density at radius 3 is 2.35 bits per heavy atom. The van der Waals surface area contributed by atoms with Crippen LogP contribution in [0.4, 0.5) is 18.9 Å². The number of carbonyl (C=O) groups excluding carboxylic acids is 1. The zero-order valence-electron chi connectivity index (χ0n) is 13.8. The van der Waals surface area contributed by atoms with E-state index < -0.39 is 17.2 Å². The Bertz CT molecular complexity index is 784. The maximum atomic E-state index is 13.1. The van der Waals surface area contributed by atoms with Crippen molar-refractivity contribution in [1.82, 2.24) is 0 Å². The van der Waals surface area contributed by atoms with Crippen LogP contribution in [-0.2, 0) is 21.1 Å². The van der Waals surface area contributed by atoms with Crippen LogP contribution in [0.5, 0.6) is 0 Å². The Morgan fingerprint density at radius 2 is 1.73 bits per heavy atom. The van der Waals surface area contributed by atoms with E-state index in [4.69, 9.17) is 4.74 Å². The van der Waals surface area contributed by atoms with E-state index in [2.05, 4.69) is 21.2 Å². The highest BCUT2D eigenvalue weighted by Gasteiger charge is 2.42. The van der Waals surface area contributed by atoms with Gasteiger partial charge in [-0.25, -0.2) is 0 Å². The van der Waals surface area contributed by atoms with Crippen molar-refractivity contribution in [3.8, 4) is 0 Å². The van der Waals surface area contributed by atoms with Crippen LogP contribution in [0, 0.1) is 0 Å². The van der Waals surface area contributed by atoms with E-state index >= 15 is 0 Å². The largest absolute Gasteiger partial charge is 0.416 e. The third-order valence-electron chi connectivity index (χ3n) is 4.63. The van der Waals surface area contributed by atoms with Crippen LogP contribution < -0.4 is 5.32 Å². The number of benzene rings is 2. The van der Waals surface area contributed by atoms with E-state index in [0.717, 1.165) is 22.2 Å². The third kappa shape index (κ3) is 3.94. The van der Waals surface area contributed by atoms with E-state index in [9.17, 15) is 18.0 Å². The van der Waals surface area contributed by atoms with E-state index in [1.165, 1.54) is 12.1 Å². The van der Waals surface area contributed by atoms with Crippen LogP contribution in [0.2, 0.25) is 0 Å². The maximum absolute atomic E-state index is 13.1. The number of hydrogen-bond donors (Lipinski definition) is 1. The van der Waals surface area contributed by atoms with Gasteiger partial charge in [0, 0.05) is 23.4 Å². The molecular weight excluding hydrogens is 411 g/mol. The van der Waals surface area contributed by atoms with Crippen molar-refractivity contribution in [1.29, 1.82) is 0 Å². The highest BCUT2D eigenvalue weighted by molar-refractivity contribution is 9.10. The quantitative estimate of drug-likeness (QED) is 0.734. The molecule has 0 aliphatic carbocycles. The van der Waals surface area contributed by atoms with Crippen molar-refractivity contribution in [2.45, 2.75) is 24.4 Å². The van der Waals surface area contributed by atoms with Gasteiger partial charge in [-0.15, -0.1) is 0 Å². The SMILES string of the molecule is O=C(Nc1cccc(C(F)(F)F)c1)C1(c2ccc(Br)cc2)CCOCC1. The molecule has 0 atom stereocenters. The number of nitrogens with one attached hydrogen (secondary N) is 1. The van der Waals surface area contributed by atoms with Gasteiger partial charge in [0.2, 0.25) is 5.91 Å². The fourth-order valence-corrected chi connectivity index (χ4v) is 3.42. The summed E-state index contributed by atoms with van der Waals surface area (Å²) in [7, 11) is 0. The summed E-state index contributed by atoms with van der Waals surface area (Å²) in [5.74, 6) is -0.317. The van der Waals surface area contributed by atoms with Gasteiger partial charge in [0.25, 0.3) is 0 Å². The molecule has 1 saturated heterocycles. The van der Waals surface area contributed by atoms with E-state index in [1.807, 2.05) is 24.3 Å². The van der Waals surface area contributed by atoms with Gasteiger partial charge in [-0.1, -0.05) is 34.1 Å². The molecule has 2 aromatic carbocycles. The smallest absolute Gasteiger partial charge is 0.381 e. The first-order chi connectivity index (χ1) is 12.3. The lowest BCUT2D eigenvalue weighted by molar-refractivity contribution is -0.137. The zero-order chi connectivity index (χ0) is 18.8. The van der Waals surface area contributed by atoms with Gasteiger partial charge in [0.15, 0.2) is 0 Å². The predicted molar refractivity (Wildman–Crippen MR) is 95.9 cm³/mol. The monoisotopic (exact) mass is 427 g/mol. The van der Waals surface area contributed by atoms with Gasteiger partial charge < -0.3 is 10.1 Å². The number of ether oxygens (including phenoxy) is 1. The summed E-state index contributed by atoms with van der Waals surface area (Å²) in [5.41, 5.74) is -0.658. The minimum Gasteiger partial charge on any atom is -0.381 e. The molecule has 0 bridgehead atoms. The highest BCUT2D eigenvalue weighted by atomic mass is 79.9. The van der Waals surface area contributed by atoms with Crippen LogP contribution in [0.3, 0.4) is 0 Å². The van der Waals surface area contributed by atoms with Crippen molar-refractivity contribution < 1.29 is 22.7 Å². The second kappa shape index (κ2) is 7.40. The van der Waals surface area contributed by atoms with E-state index in [0.29, 0.717) is 26.1 Å². The normalized spacial score (nSPS) is 16.9. The fraction of sp³-hybridized carbons (Fsp3) is 0.316. The molecule has 1 heterocycles. The molecule has 3 rings (SSSR count). The van der Waals surface area contributed by atoms with Crippen molar-refractivity contribution in [3.63, 3.8) is 0 Å². The molecule has 1 amide bonds. The topological polar surface area (TPSA) is 38.3 Å². The predicted octanol–water partition coefficient (Wildman–Crippen LogP) is 5.15. The molecule has 0 radical (unpaired) electrons. The third-order valence-corrected chi connectivity index (χ3v) is 5.15. The summed E-state index contributed by atoms with van der Waals surface area (Å²) < 4.78 is 45.0. The van der Waals surface area contributed by atoms with Crippen LogP contribution >= 0.6 is 15.9 Å². The molecule has 1 aliphatic rings. The number of amides is 1. The van der Waals surface area contributed by atoms with Crippen LogP contribution in [-0.4, -0.2) is 19.1 Å². The second-order valence-corrected chi connectivity index (χ2v) is 7.15. The molecule has 0 saturated carbocycles. The second-order valence-electron chi connectivity index (χ2n) is 6.23. The molecule has 1 aliphatic heterocycles. The van der Waals surface area contributed by atoms with Crippen molar-refractivity contribution in [2.24, 2.45) is 0 Å². The molecule has 3 nitrogen and oxygen atoms in total. The standard InChI is InChI=1S/C19H17BrF3NO2/c20-15-6-4-13(5-7-15)18(8-10-26-11-9-18)17(25)24-16-3-1-2-14(12-16)19(21,22)23/h1-7,12H,8-11H2,(H,24,25). The summed E-state index contributed by atoms with van der Waals surface area (Å²) in [4.78, 5) is 13.1. The highest BCUT2D eigenvalue weighted by Crippen LogP contribution is 2.37. The molecule has 7 heteroatoms. The van der Waals surface area contributed by atoms with E-state index in [-0.39, 0.29) is 11.6 Å². The Balaban J connectivity index is 1.91. The lowest BCUT2D eigenvalue weighted by Gasteiger charge is -2.36. The fourth-order valence-electron chi connectivity index (χ4n) is 3.16. The molecule has 1 N–H and O–H groups in total. The molecule has 0 spiro atoms. The number of carbonyl (C=O) groups is 1. The summed E-state index contributed by atoms with van der Waals surface area (Å²) in [6, 6.07) is 12.1. The average Bonchev–Trinajstić information content (AvgIpc) is 2.62. The molecule has 26 heavy (non-hydrogen) atoms. The van der Waals surface area contributed by atoms with Crippen molar-refractivity contribution in [3.05, 3.63) is 64.1 Å². The van der Waals surface area contributed by atoms with Gasteiger partial charge in [-0.2, -0.15) is 13.2 Å². The molecule has 0 aromatic heterocycles. The van der Waals surface area contributed by atoms with Gasteiger partial charge in [0.1, 0.15) is 0 Å². The van der Waals surface area contributed by atoms with Gasteiger partial charge >= 0.3 is 6.18 Å².